The first-order valence-corrected chi connectivity index (χ1v) is 6.85. The highest BCUT2D eigenvalue weighted by atomic mass is 32.2. The highest BCUT2D eigenvalue weighted by Gasteiger charge is 2.28. The van der Waals surface area contributed by atoms with Gasteiger partial charge in [0.25, 0.3) is 0 Å². The molecule has 2 aromatic rings. The van der Waals surface area contributed by atoms with E-state index in [0.717, 1.165) is 16.2 Å². The summed E-state index contributed by atoms with van der Waals surface area (Å²) in [5, 5.41) is 8.80. The molecule has 1 aliphatic rings. The van der Waals surface area contributed by atoms with Crippen molar-refractivity contribution in [1.82, 2.24) is 20.5 Å². The summed E-state index contributed by atoms with van der Waals surface area (Å²) in [5.74, 6) is 1.01. The summed E-state index contributed by atoms with van der Waals surface area (Å²) in [7, 11) is 0. The molecule has 0 aliphatic carbocycles. The van der Waals surface area contributed by atoms with Crippen molar-refractivity contribution >= 4 is 17.7 Å². The quantitative estimate of drug-likeness (QED) is 0.766. The van der Waals surface area contributed by atoms with Crippen LogP contribution in [0.3, 0.4) is 0 Å². The lowest BCUT2D eigenvalue weighted by Gasteiger charge is -2.10. The standard InChI is InChI=1S/C12H12N4O2S/c17-11(13-5-10-14-12(18)16-15-10)8-6-19-9-4-2-1-3-7(8)9/h1-4,8H,5-6H2,(H,13,17)(H2,14,15,16,18). The molecular weight excluding hydrogens is 264 g/mol. The van der Waals surface area contributed by atoms with Crippen LogP contribution in [0.2, 0.25) is 0 Å². The third kappa shape index (κ3) is 2.41. The number of rotatable bonds is 3. The van der Waals surface area contributed by atoms with E-state index < -0.39 is 0 Å². The summed E-state index contributed by atoms with van der Waals surface area (Å²) >= 11 is 1.69. The molecule has 7 heteroatoms. The number of carbonyl (C=O) groups excluding carboxylic acids is 1. The van der Waals surface area contributed by atoms with Crippen molar-refractivity contribution in [2.45, 2.75) is 17.4 Å². The third-order valence-corrected chi connectivity index (χ3v) is 4.18. The first-order chi connectivity index (χ1) is 9.24. The lowest BCUT2D eigenvalue weighted by Crippen LogP contribution is -2.29. The second kappa shape index (κ2) is 4.93. The van der Waals surface area contributed by atoms with Crippen LogP contribution >= 0.6 is 11.8 Å². The Morgan fingerprint density at radius 3 is 3.11 bits per heavy atom. The van der Waals surface area contributed by atoms with Gasteiger partial charge in [0, 0.05) is 10.6 Å². The molecular formula is C12H12N4O2S. The zero-order valence-corrected chi connectivity index (χ0v) is 10.8. The first kappa shape index (κ1) is 12.0. The van der Waals surface area contributed by atoms with Crippen molar-refractivity contribution in [2.24, 2.45) is 0 Å². The Morgan fingerprint density at radius 2 is 2.32 bits per heavy atom. The summed E-state index contributed by atoms with van der Waals surface area (Å²) in [6.45, 7) is 0.223. The minimum atomic E-state index is -0.369. The average molecular weight is 276 g/mol. The number of aromatic amines is 2. The number of nitrogens with zero attached hydrogens (tertiary/aromatic N) is 1. The number of hydrogen-bond donors (Lipinski definition) is 3. The van der Waals surface area contributed by atoms with Gasteiger partial charge >= 0.3 is 5.69 Å². The fourth-order valence-electron chi connectivity index (χ4n) is 2.06. The van der Waals surface area contributed by atoms with Gasteiger partial charge in [-0.1, -0.05) is 18.2 Å². The number of fused-ring (bicyclic) bond motifs is 1. The second-order valence-electron chi connectivity index (χ2n) is 4.24. The van der Waals surface area contributed by atoms with E-state index in [4.69, 9.17) is 0 Å². The first-order valence-electron chi connectivity index (χ1n) is 5.87. The average Bonchev–Trinajstić information content (AvgIpc) is 3.02. The molecule has 3 N–H and O–H groups in total. The number of nitrogens with one attached hydrogen (secondary N) is 3. The molecule has 2 heterocycles. The lowest BCUT2D eigenvalue weighted by molar-refractivity contribution is -0.122. The van der Waals surface area contributed by atoms with Gasteiger partial charge in [-0.25, -0.2) is 9.89 Å². The van der Waals surface area contributed by atoms with Gasteiger partial charge in [-0.15, -0.1) is 11.8 Å². The van der Waals surface area contributed by atoms with Crippen molar-refractivity contribution in [3.63, 3.8) is 0 Å². The molecule has 1 aliphatic heterocycles. The Bertz CT molecular complexity index is 663. The lowest BCUT2D eigenvalue weighted by atomic mass is 10.0. The van der Waals surface area contributed by atoms with Crippen molar-refractivity contribution in [1.29, 1.82) is 0 Å². The van der Waals surface area contributed by atoms with Gasteiger partial charge in [0.15, 0.2) is 0 Å². The molecule has 98 valence electrons. The van der Waals surface area contributed by atoms with Gasteiger partial charge in [0.2, 0.25) is 5.91 Å². The number of hydrogen-bond acceptors (Lipinski definition) is 4. The summed E-state index contributed by atoms with van der Waals surface area (Å²) in [5.41, 5.74) is 0.700. The van der Waals surface area contributed by atoms with Crippen LogP contribution in [0.15, 0.2) is 34.0 Å². The van der Waals surface area contributed by atoms with Gasteiger partial charge in [0.1, 0.15) is 5.82 Å². The van der Waals surface area contributed by atoms with Crippen LogP contribution in [0.5, 0.6) is 0 Å². The topological polar surface area (TPSA) is 90.6 Å². The van der Waals surface area contributed by atoms with Crippen molar-refractivity contribution in [2.75, 3.05) is 5.75 Å². The molecule has 6 nitrogen and oxygen atoms in total. The fourth-order valence-corrected chi connectivity index (χ4v) is 3.29. The van der Waals surface area contributed by atoms with Crippen LogP contribution in [-0.4, -0.2) is 26.8 Å². The number of thioether (sulfide) groups is 1. The van der Waals surface area contributed by atoms with Crippen molar-refractivity contribution in [3.8, 4) is 0 Å². The number of benzene rings is 1. The smallest absolute Gasteiger partial charge is 0.340 e. The Morgan fingerprint density at radius 1 is 1.47 bits per heavy atom. The fraction of sp³-hybridized carbons (Fsp3) is 0.250. The van der Waals surface area contributed by atoms with E-state index in [1.807, 2.05) is 24.3 Å². The maximum absolute atomic E-state index is 12.1. The predicted octanol–water partition coefficient (Wildman–Crippen LogP) is 0.604. The van der Waals surface area contributed by atoms with Crippen LogP contribution in [-0.2, 0) is 11.3 Å². The zero-order chi connectivity index (χ0) is 13.2. The molecule has 0 bridgehead atoms. The van der Waals surface area contributed by atoms with Crippen LogP contribution in [0.25, 0.3) is 0 Å². The Hall–Kier alpha value is -2.02. The molecule has 0 saturated carbocycles. The van der Waals surface area contributed by atoms with E-state index in [0.29, 0.717) is 5.82 Å². The van der Waals surface area contributed by atoms with E-state index in [2.05, 4.69) is 20.5 Å². The van der Waals surface area contributed by atoms with Gasteiger partial charge in [0.05, 0.1) is 12.5 Å². The summed E-state index contributed by atoms with van der Waals surface area (Å²) in [4.78, 5) is 26.7. The molecule has 1 unspecified atom stereocenters. The Labute approximate surface area is 113 Å². The molecule has 0 spiro atoms. The molecule has 0 fully saturated rings. The SMILES string of the molecule is O=C(NCc1n[nH]c(=O)[nH]1)C1CSc2ccccc21. The Kier molecular flexibility index (Phi) is 3.12. The van der Waals surface area contributed by atoms with E-state index in [9.17, 15) is 9.59 Å². The van der Waals surface area contributed by atoms with Gasteiger partial charge in [-0.05, 0) is 11.6 Å². The minimum absolute atomic E-state index is 0.0405. The van der Waals surface area contributed by atoms with Crippen molar-refractivity contribution in [3.05, 3.63) is 46.1 Å². The van der Waals surface area contributed by atoms with E-state index in [-0.39, 0.29) is 24.1 Å². The number of carbonyl (C=O) groups is 1. The molecule has 1 amide bonds. The largest absolute Gasteiger partial charge is 0.348 e. The van der Waals surface area contributed by atoms with E-state index in [1.165, 1.54) is 0 Å². The zero-order valence-electron chi connectivity index (χ0n) is 9.97. The van der Waals surface area contributed by atoms with Crippen molar-refractivity contribution < 1.29 is 4.79 Å². The maximum atomic E-state index is 12.1. The summed E-state index contributed by atoms with van der Waals surface area (Å²) in [6, 6.07) is 7.92. The van der Waals surface area contributed by atoms with E-state index in [1.54, 1.807) is 11.8 Å². The molecule has 1 atom stereocenters. The van der Waals surface area contributed by atoms with Gasteiger partial charge < -0.3 is 5.32 Å². The predicted molar refractivity (Wildman–Crippen MR) is 71.0 cm³/mol. The van der Waals surface area contributed by atoms with Crippen LogP contribution in [0.1, 0.15) is 17.3 Å². The molecule has 0 radical (unpaired) electrons. The van der Waals surface area contributed by atoms with E-state index >= 15 is 0 Å². The summed E-state index contributed by atoms with van der Waals surface area (Å²) in [6.07, 6.45) is 0. The molecule has 3 rings (SSSR count). The van der Waals surface area contributed by atoms with Crippen LogP contribution in [0, 0.1) is 0 Å². The van der Waals surface area contributed by atoms with Crippen LogP contribution < -0.4 is 11.0 Å². The number of amides is 1. The number of aromatic nitrogens is 3. The maximum Gasteiger partial charge on any atom is 0.340 e. The van der Waals surface area contributed by atoms with Crippen LogP contribution in [0.4, 0.5) is 0 Å². The number of H-pyrrole nitrogens is 2. The molecule has 19 heavy (non-hydrogen) atoms. The highest BCUT2D eigenvalue weighted by Crippen LogP contribution is 2.39. The van der Waals surface area contributed by atoms with Gasteiger partial charge in [-0.3, -0.25) is 9.78 Å². The monoisotopic (exact) mass is 276 g/mol. The minimum Gasteiger partial charge on any atom is -0.348 e. The summed E-state index contributed by atoms with van der Waals surface area (Å²) < 4.78 is 0. The molecule has 1 aromatic carbocycles. The second-order valence-corrected chi connectivity index (χ2v) is 5.31. The third-order valence-electron chi connectivity index (χ3n) is 3.00. The molecule has 1 aromatic heterocycles. The molecule has 0 saturated heterocycles. The van der Waals surface area contributed by atoms with Gasteiger partial charge in [-0.2, -0.15) is 5.10 Å². The normalized spacial score (nSPS) is 17.2. The highest BCUT2D eigenvalue weighted by molar-refractivity contribution is 7.99. The Balaban J connectivity index is 1.67.